The van der Waals surface area contributed by atoms with Crippen molar-refractivity contribution >= 4 is 6.03 Å². The predicted molar refractivity (Wildman–Crippen MR) is 37.7 cm³/mol. The lowest BCUT2D eigenvalue weighted by molar-refractivity contribution is 0.210. The highest BCUT2D eigenvalue weighted by Crippen LogP contribution is 1.80. The SMILES string of the molecule is CCN(C)C(=O)NCCF. The fourth-order valence-corrected chi connectivity index (χ4v) is 0.433. The molecule has 0 aromatic heterocycles. The number of nitrogens with one attached hydrogen (secondary N) is 1. The van der Waals surface area contributed by atoms with E-state index < -0.39 is 6.67 Å². The van der Waals surface area contributed by atoms with Gasteiger partial charge in [0.15, 0.2) is 0 Å². The first-order chi connectivity index (χ1) is 4.72. The van der Waals surface area contributed by atoms with E-state index in [1.54, 1.807) is 7.05 Å². The summed E-state index contributed by atoms with van der Waals surface area (Å²) in [5.74, 6) is 0. The van der Waals surface area contributed by atoms with Crippen molar-refractivity contribution < 1.29 is 9.18 Å². The van der Waals surface area contributed by atoms with Crippen LogP contribution in [0.15, 0.2) is 0 Å². The van der Waals surface area contributed by atoms with E-state index in [4.69, 9.17) is 0 Å². The van der Waals surface area contributed by atoms with Crippen LogP contribution in [0.2, 0.25) is 0 Å². The van der Waals surface area contributed by atoms with Gasteiger partial charge >= 0.3 is 6.03 Å². The zero-order chi connectivity index (χ0) is 7.98. The van der Waals surface area contributed by atoms with E-state index in [2.05, 4.69) is 5.32 Å². The van der Waals surface area contributed by atoms with Crippen LogP contribution < -0.4 is 5.32 Å². The topological polar surface area (TPSA) is 32.3 Å². The average Bonchev–Trinajstić information content (AvgIpc) is 1.98. The van der Waals surface area contributed by atoms with Crippen LogP contribution >= 0.6 is 0 Å². The lowest BCUT2D eigenvalue weighted by Crippen LogP contribution is -2.37. The third kappa shape index (κ3) is 3.27. The van der Waals surface area contributed by atoms with Gasteiger partial charge in [0.1, 0.15) is 6.67 Å². The van der Waals surface area contributed by atoms with E-state index in [1.165, 1.54) is 4.90 Å². The first-order valence-corrected chi connectivity index (χ1v) is 3.27. The molecule has 0 radical (unpaired) electrons. The molecule has 10 heavy (non-hydrogen) atoms. The molecule has 0 spiro atoms. The van der Waals surface area contributed by atoms with Crippen molar-refractivity contribution in [2.45, 2.75) is 6.92 Å². The lowest BCUT2D eigenvalue weighted by atomic mass is 10.6. The van der Waals surface area contributed by atoms with Crippen molar-refractivity contribution in [1.29, 1.82) is 0 Å². The minimum atomic E-state index is -0.511. The maximum Gasteiger partial charge on any atom is 0.317 e. The Balaban J connectivity index is 3.42. The summed E-state index contributed by atoms with van der Waals surface area (Å²) in [4.78, 5) is 12.3. The second-order valence-electron chi connectivity index (χ2n) is 1.94. The Morgan fingerprint density at radius 1 is 1.70 bits per heavy atom. The summed E-state index contributed by atoms with van der Waals surface area (Å²) in [6.07, 6.45) is 0. The van der Waals surface area contributed by atoms with Crippen molar-refractivity contribution in [3.63, 3.8) is 0 Å². The number of hydrogen-bond donors (Lipinski definition) is 1. The number of nitrogens with zero attached hydrogens (tertiary/aromatic N) is 1. The monoisotopic (exact) mass is 148 g/mol. The number of carbonyl (C=O) groups is 1. The molecule has 0 saturated heterocycles. The maximum atomic E-state index is 11.5. The molecule has 0 aromatic rings. The predicted octanol–water partition coefficient (Wildman–Crippen LogP) is 0.617. The number of rotatable bonds is 3. The van der Waals surface area contributed by atoms with Crippen molar-refractivity contribution in [3.8, 4) is 0 Å². The van der Waals surface area contributed by atoms with Crippen LogP contribution in [0.1, 0.15) is 6.92 Å². The molecule has 0 rings (SSSR count). The normalized spacial score (nSPS) is 9.10. The molecule has 0 heterocycles. The summed E-state index contributed by atoms with van der Waals surface area (Å²) in [6.45, 7) is 2.08. The molecule has 3 nitrogen and oxygen atoms in total. The van der Waals surface area contributed by atoms with Crippen molar-refractivity contribution in [3.05, 3.63) is 0 Å². The molecule has 0 unspecified atom stereocenters. The molecular formula is C6H13FN2O. The van der Waals surface area contributed by atoms with Gasteiger partial charge < -0.3 is 10.2 Å². The fourth-order valence-electron chi connectivity index (χ4n) is 0.433. The zero-order valence-corrected chi connectivity index (χ0v) is 6.35. The van der Waals surface area contributed by atoms with E-state index in [0.717, 1.165) is 0 Å². The van der Waals surface area contributed by atoms with Crippen LogP contribution in [-0.4, -0.2) is 37.7 Å². The molecule has 1 N–H and O–H groups in total. The number of alkyl halides is 1. The van der Waals surface area contributed by atoms with E-state index in [0.29, 0.717) is 6.54 Å². The van der Waals surface area contributed by atoms with Gasteiger partial charge in [-0.25, -0.2) is 9.18 Å². The van der Waals surface area contributed by atoms with Gasteiger partial charge in [-0.15, -0.1) is 0 Å². The number of halogens is 1. The van der Waals surface area contributed by atoms with Crippen LogP contribution in [-0.2, 0) is 0 Å². The minimum absolute atomic E-state index is 0.100. The van der Waals surface area contributed by atoms with Gasteiger partial charge in [-0.3, -0.25) is 0 Å². The standard InChI is InChI=1S/C6H13FN2O/c1-3-9(2)6(10)8-5-4-7/h3-5H2,1-2H3,(H,8,10). The van der Waals surface area contributed by atoms with Gasteiger partial charge in [-0.1, -0.05) is 0 Å². The summed E-state index contributed by atoms with van der Waals surface area (Å²) in [7, 11) is 1.66. The molecule has 60 valence electrons. The van der Waals surface area contributed by atoms with Crippen molar-refractivity contribution in [2.24, 2.45) is 0 Å². The van der Waals surface area contributed by atoms with E-state index in [9.17, 15) is 9.18 Å². The first-order valence-electron chi connectivity index (χ1n) is 3.27. The quantitative estimate of drug-likeness (QED) is 0.625. The van der Waals surface area contributed by atoms with Crippen LogP contribution in [0.25, 0.3) is 0 Å². The average molecular weight is 148 g/mol. The van der Waals surface area contributed by atoms with Crippen LogP contribution in [0.3, 0.4) is 0 Å². The van der Waals surface area contributed by atoms with Crippen molar-refractivity contribution in [1.82, 2.24) is 10.2 Å². The fraction of sp³-hybridized carbons (Fsp3) is 0.833. The van der Waals surface area contributed by atoms with Crippen LogP contribution in [0.4, 0.5) is 9.18 Å². The molecule has 0 atom stereocenters. The Morgan fingerprint density at radius 3 is 2.70 bits per heavy atom. The minimum Gasteiger partial charge on any atom is -0.335 e. The third-order valence-electron chi connectivity index (χ3n) is 1.19. The summed E-state index contributed by atoms with van der Waals surface area (Å²) < 4.78 is 11.5. The Hall–Kier alpha value is -0.800. The highest BCUT2D eigenvalue weighted by molar-refractivity contribution is 5.73. The smallest absolute Gasteiger partial charge is 0.317 e. The van der Waals surface area contributed by atoms with Crippen LogP contribution in [0, 0.1) is 0 Å². The van der Waals surface area contributed by atoms with Gasteiger partial charge in [0.2, 0.25) is 0 Å². The molecule has 0 aliphatic carbocycles. The van der Waals surface area contributed by atoms with E-state index >= 15 is 0 Å². The summed E-state index contributed by atoms with van der Waals surface area (Å²) in [6, 6.07) is -0.222. The van der Waals surface area contributed by atoms with Gasteiger partial charge in [-0.05, 0) is 6.92 Å². The Kier molecular flexibility index (Phi) is 4.62. The second kappa shape index (κ2) is 5.02. The molecule has 0 bridgehead atoms. The largest absolute Gasteiger partial charge is 0.335 e. The van der Waals surface area contributed by atoms with Gasteiger partial charge in [-0.2, -0.15) is 0 Å². The van der Waals surface area contributed by atoms with E-state index in [1.807, 2.05) is 6.92 Å². The Labute approximate surface area is 60.2 Å². The molecule has 4 heteroatoms. The highest BCUT2D eigenvalue weighted by atomic mass is 19.1. The summed E-state index contributed by atoms with van der Waals surface area (Å²) >= 11 is 0. The van der Waals surface area contributed by atoms with Gasteiger partial charge in [0.05, 0.1) is 0 Å². The number of amides is 2. The van der Waals surface area contributed by atoms with Crippen molar-refractivity contribution in [2.75, 3.05) is 26.8 Å². The number of urea groups is 1. The summed E-state index contributed by atoms with van der Waals surface area (Å²) in [5.41, 5.74) is 0. The van der Waals surface area contributed by atoms with Crippen LogP contribution in [0.5, 0.6) is 0 Å². The molecular weight excluding hydrogens is 135 g/mol. The molecule has 0 aliphatic rings. The Bertz CT molecular complexity index is 108. The highest BCUT2D eigenvalue weighted by Gasteiger charge is 2.02. The third-order valence-corrected chi connectivity index (χ3v) is 1.19. The van der Waals surface area contributed by atoms with E-state index in [-0.39, 0.29) is 12.6 Å². The molecule has 2 amide bonds. The number of hydrogen-bond acceptors (Lipinski definition) is 1. The van der Waals surface area contributed by atoms with Gasteiger partial charge in [0, 0.05) is 20.1 Å². The summed E-state index contributed by atoms with van der Waals surface area (Å²) in [5, 5.41) is 2.40. The zero-order valence-electron chi connectivity index (χ0n) is 6.35. The first kappa shape index (κ1) is 9.20. The molecule has 0 aliphatic heterocycles. The molecule has 0 aromatic carbocycles. The second-order valence-corrected chi connectivity index (χ2v) is 1.94. The van der Waals surface area contributed by atoms with Gasteiger partial charge in [0.25, 0.3) is 0 Å². The maximum absolute atomic E-state index is 11.5. The lowest BCUT2D eigenvalue weighted by Gasteiger charge is -2.14. The molecule has 0 fully saturated rings. The number of carbonyl (C=O) groups excluding carboxylic acids is 1. The Morgan fingerprint density at radius 2 is 2.30 bits per heavy atom. The molecule has 0 saturated carbocycles.